The molecule has 0 unspecified atom stereocenters. The molecule has 6 nitrogen and oxygen atoms in total. The third kappa shape index (κ3) is 13.5. The zero-order chi connectivity index (χ0) is 33.2. The van der Waals surface area contributed by atoms with Gasteiger partial charge in [0.1, 0.15) is 23.1 Å². The van der Waals surface area contributed by atoms with Crippen LogP contribution in [0.4, 0.5) is 20.2 Å². The summed E-state index contributed by atoms with van der Waals surface area (Å²) in [6.45, 7) is 6.00. The van der Waals surface area contributed by atoms with Crippen molar-refractivity contribution in [2.75, 3.05) is 18.6 Å². The van der Waals surface area contributed by atoms with E-state index in [0.29, 0.717) is 65.2 Å². The van der Waals surface area contributed by atoms with E-state index in [1.807, 2.05) is 13.8 Å². The number of halogens is 5. The number of aryl methyl sites for hydroxylation is 2. The molecular weight excluding hydrogens is 753 g/mol. The van der Waals surface area contributed by atoms with Crippen LogP contribution in [0, 0.1) is 11.6 Å². The Balaban J connectivity index is 0.000000364. The Bertz CT molecular complexity index is 1420. The van der Waals surface area contributed by atoms with Crippen molar-refractivity contribution in [1.29, 1.82) is 0 Å². The van der Waals surface area contributed by atoms with Crippen LogP contribution < -0.4 is 25.7 Å². The van der Waals surface area contributed by atoms with E-state index in [4.69, 9.17) is 27.0 Å². The van der Waals surface area contributed by atoms with Crippen molar-refractivity contribution in [3.63, 3.8) is 0 Å². The smallest absolute Gasteiger partial charge is 0.369 e. The van der Waals surface area contributed by atoms with Crippen molar-refractivity contribution >= 4 is 61.8 Å². The highest BCUT2D eigenvalue weighted by atomic mass is 79.9. The molecule has 0 aliphatic heterocycles. The van der Waals surface area contributed by atoms with Crippen LogP contribution in [-0.4, -0.2) is 15.4 Å². The van der Waals surface area contributed by atoms with Gasteiger partial charge in [0, 0.05) is 24.9 Å². The summed E-state index contributed by atoms with van der Waals surface area (Å²) in [6.07, 6.45) is 1.12. The minimum Gasteiger partial charge on any atom is -0.504 e. The van der Waals surface area contributed by atoms with E-state index in [2.05, 4.69) is 47.3 Å². The first-order valence-electron chi connectivity index (χ1n) is 13.8. The van der Waals surface area contributed by atoms with Gasteiger partial charge in [0.2, 0.25) is 0 Å². The maximum absolute atomic E-state index is 13.8. The summed E-state index contributed by atoms with van der Waals surface area (Å²) >= 11 is 9.31. The van der Waals surface area contributed by atoms with E-state index in [-0.39, 0.29) is 26.3 Å². The largest absolute Gasteiger partial charge is 0.504 e. The minimum absolute atomic E-state index is 0.0786. The summed E-state index contributed by atoms with van der Waals surface area (Å²) in [5.74, 6) is 1.25. The number of nitrogens with two attached hydrogens (primary N) is 2. The van der Waals surface area contributed by atoms with Gasteiger partial charge in [-0.15, -0.1) is 47.3 Å². The van der Waals surface area contributed by atoms with Crippen molar-refractivity contribution in [1.82, 2.24) is 0 Å². The number of ether oxygens (including phenoxy) is 3. The van der Waals surface area contributed by atoms with Crippen LogP contribution in [0.15, 0.2) is 72.8 Å². The van der Waals surface area contributed by atoms with Crippen molar-refractivity contribution in [2.24, 2.45) is 0 Å². The second kappa shape index (κ2) is 20.1. The summed E-state index contributed by atoms with van der Waals surface area (Å²) in [5, 5.41) is 9.75. The lowest BCUT2D eigenvalue weighted by Crippen LogP contribution is -1.95. The fraction of sp³-hybridized carbons (Fsp3) is 0.226. The molecule has 4 rings (SSSR count). The molecule has 0 aliphatic rings. The van der Waals surface area contributed by atoms with Gasteiger partial charge in [-0.25, -0.2) is 8.78 Å². The predicted molar refractivity (Wildman–Crippen MR) is 186 cm³/mol. The molecular formula is C31H36BBr3F2N2O4. The number of benzene rings is 4. The standard InChI is InChI=1S/C15H16FNO2.C14H14FNO2.C2H6.BBr3/c1-3-10-8-14(18-2)15(9-13(10)16)19-12-6-4-11(17)5-7-12;1-2-9-7-13(17)14(8-12(9)15)18-11-5-3-10(16)4-6-11;1-2;2-1(3)4/h4-9H,3,17H2,1-2H3;3-8,17H,2,16H2,1H3;1-2H3;/i;;1D;. The van der Waals surface area contributed by atoms with Crippen molar-refractivity contribution in [3.8, 4) is 34.5 Å². The molecule has 0 saturated heterocycles. The Morgan fingerprint density at radius 3 is 1.51 bits per heavy atom. The molecule has 0 saturated carbocycles. The highest BCUT2D eigenvalue weighted by molar-refractivity contribution is 9.69. The molecule has 0 atom stereocenters. The van der Waals surface area contributed by atoms with Gasteiger partial charge in [-0.3, -0.25) is 0 Å². The van der Waals surface area contributed by atoms with Crippen LogP contribution in [0.3, 0.4) is 0 Å². The average Bonchev–Trinajstić information content (AvgIpc) is 2.98. The van der Waals surface area contributed by atoms with Crippen LogP contribution in [-0.2, 0) is 12.8 Å². The molecule has 0 aliphatic carbocycles. The van der Waals surface area contributed by atoms with Crippen molar-refractivity contribution in [3.05, 3.63) is 95.6 Å². The van der Waals surface area contributed by atoms with Crippen LogP contribution in [0.25, 0.3) is 0 Å². The van der Waals surface area contributed by atoms with Gasteiger partial charge in [0.15, 0.2) is 23.0 Å². The van der Waals surface area contributed by atoms with Gasteiger partial charge >= 0.3 is 3.18 Å². The van der Waals surface area contributed by atoms with Gasteiger partial charge < -0.3 is 30.8 Å². The molecule has 43 heavy (non-hydrogen) atoms. The molecule has 0 radical (unpaired) electrons. The van der Waals surface area contributed by atoms with Gasteiger partial charge in [0.05, 0.1) is 7.11 Å². The maximum Gasteiger partial charge on any atom is 0.369 e. The second-order valence-electron chi connectivity index (χ2n) is 8.30. The van der Waals surface area contributed by atoms with Crippen LogP contribution >= 0.6 is 47.3 Å². The highest BCUT2D eigenvalue weighted by Crippen LogP contribution is 2.35. The van der Waals surface area contributed by atoms with Crippen LogP contribution in [0.1, 0.15) is 40.2 Å². The van der Waals surface area contributed by atoms with E-state index >= 15 is 0 Å². The Morgan fingerprint density at radius 2 is 1.12 bits per heavy atom. The SMILES string of the molecule is BrB(Br)Br.CCc1cc(O)c(Oc2ccc(N)cc2)cc1F.CCc1cc(OC)c(Oc2ccc(N)cc2)cc1F.[2H]CC. The number of phenols is 1. The topological polar surface area (TPSA) is 100.0 Å². The first-order valence-corrected chi connectivity index (χ1v) is 15.8. The molecule has 0 spiro atoms. The zero-order valence-corrected chi connectivity index (χ0v) is 29.1. The number of aromatic hydroxyl groups is 1. The Morgan fingerprint density at radius 1 is 0.744 bits per heavy atom. The fourth-order valence-electron chi connectivity index (χ4n) is 3.35. The van der Waals surface area contributed by atoms with Crippen LogP contribution in [0.5, 0.6) is 34.5 Å². The monoisotopic (exact) mass is 787 g/mol. The number of phenolic OH excluding ortho intramolecular Hbond substituents is 1. The van der Waals surface area contributed by atoms with Gasteiger partial charge in [0.25, 0.3) is 0 Å². The lowest BCUT2D eigenvalue weighted by atomic mass is 10.1. The molecule has 0 fully saturated rings. The summed E-state index contributed by atoms with van der Waals surface area (Å²) in [6, 6.07) is 19.1. The first kappa shape index (κ1) is 36.2. The van der Waals surface area contributed by atoms with Crippen LogP contribution in [0.2, 0.25) is 0 Å². The van der Waals surface area contributed by atoms with Gasteiger partial charge in [-0.05, 0) is 84.6 Å². The first-order chi connectivity index (χ1) is 20.9. The average molecular weight is 790 g/mol. The lowest BCUT2D eigenvalue weighted by molar-refractivity contribution is 0.375. The molecule has 4 aromatic rings. The zero-order valence-electron chi connectivity index (χ0n) is 25.3. The number of hydrogen-bond donors (Lipinski definition) is 3. The molecule has 0 heterocycles. The Kier molecular flexibility index (Phi) is 16.9. The molecule has 232 valence electrons. The molecule has 4 aromatic carbocycles. The van der Waals surface area contributed by atoms with E-state index < -0.39 is 0 Å². The highest BCUT2D eigenvalue weighted by Gasteiger charge is 2.12. The van der Waals surface area contributed by atoms with Gasteiger partial charge in [-0.2, -0.15) is 0 Å². The quantitative estimate of drug-likeness (QED) is 0.127. The third-order valence-electron chi connectivity index (χ3n) is 5.44. The number of rotatable bonds is 7. The fourth-order valence-corrected chi connectivity index (χ4v) is 3.35. The van der Waals surface area contributed by atoms with E-state index in [1.54, 1.807) is 61.5 Å². The number of anilines is 2. The molecule has 0 aromatic heterocycles. The Labute approximate surface area is 279 Å². The maximum atomic E-state index is 13.8. The van der Waals surface area contributed by atoms with E-state index in [0.717, 1.165) is 0 Å². The Hall–Kier alpha value is -2.96. The third-order valence-corrected chi connectivity index (χ3v) is 5.44. The second-order valence-corrected chi connectivity index (χ2v) is 14.7. The van der Waals surface area contributed by atoms with Gasteiger partial charge in [-0.1, -0.05) is 27.7 Å². The van der Waals surface area contributed by atoms with Crippen molar-refractivity contribution < 1.29 is 29.5 Å². The summed E-state index contributed by atoms with van der Waals surface area (Å²) < 4.78 is 50.1. The lowest BCUT2D eigenvalue weighted by Gasteiger charge is -2.12. The van der Waals surface area contributed by atoms with E-state index in [1.165, 1.54) is 25.3 Å². The van der Waals surface area contributed by atoms with E-state index in [9.17, 15) is 13.9 Å². The number of nitrogen functional groups attached to an aromatic ring is 2. The molecule has 0 bridgehead atoms. The number of methoxy groups -OCH3 is 1. The van der Waals surface area contributed by atoms with Crippen molar-refractivity contribution in [2.45, 2.75) is 40.5 Å². The minimum atomic E-state index is -0.388. The molecule has 12 heteroatoms. The summed E-state index contributed by atoms with van der Waals surface area (Å²) in [7, 11) is 1.53. The summed E-state index contributed by atoms with van der Waals surface area (Å²) in [4.78, 5) is 0. The predicted octanol–water partition coefficient (Wildman–Crippen LogP) is 10.4. The molecule has 5 N–H and O–H groups in total. The molecule has 0 amide bonds. The number of hydrogen-bond acceptors (Lipinski definition) is 6. The normalized spacial score (nSPS) is 9.93. The summed E-state index contributed by atoms with van der Waals surface area (Å²) in [5.41, 5.74) is 13.5.